The first kappa shape index (κ1) is 15.5. The van der Waals surface area contributed by atoms with Crippen LogP contribution in [0.1, 0.15) is 24.8 Å². The van der Waals surface area contributed by atoms with Gasteiger partial charge < -0.3 is 10.1 Å². The van der Waals surface area contributed by atoms with E-state index in [0.717, 1.165) is 45.4 Å². The Morgan fingerprint density at radius 3 is 3.14 bits per heavy atom. The van der Waals surface area contributed by atoms with Crippen LogP contribution in [-0.2, 0) is 23.0 Å². The van der Waals surface area contributed by atoms with Gasteiger partial charge >= 0.3 is 0 Å². The number of ether oxygens (including phenoxy) is 1. The molecule has 0 saturated carbocycles. The second-order valence-electron chi connectivity index (χ2n) is 6.56. The van der Waals surface area contributed by atoms with Gasteiger partial charge in [0.15, 0.2) is 0 Å². The number of aromatic nitrogens is 2. The lowest BCUT2D eigenvalue weighted by Crippen LogP contribution is -2.39. The van der Waals surface area contributed by atoms with E-state index >= 15 is 0 Å². The summed E-state index contributed by atoms with van der Waals surface area (Å²) in [4.78, 5) is 14.3. The molecule has 6 heteroatoms. The van der Waals surface area contributed by atoms with Gasteiger partial charge in [0.1, 0.15) is 0 Å². The van der Waals surface area contributed by atoms with Gasteiger partial charge in [-0.25, -0.2) is 0 Å². The molecule has 2 aliphatic rings. The third-order valence-electron chi connectivity index (χ3n) is 4.57. The van der Waals surface area contributed by atoms with E-state index < -0.39 is 0 Å². The molecule has 3 rings (SSSR count). The van der Waals surface area contributed by atoms with Crippen LogP contribution in [0.25, 0.3) is 0 Å². The molecule has 0 radical (unpaired) electrons. The van der Waals surface area contributed by atoms with E-state index in [9.17, 15) is 4.79 Å². The Balaban J connectivity index is 1.36. The molecule has 0 spiro atoms. The summed E-state index contributed by atoms with van der Waals surface area (Å²) >= 11 is 0. The van der Waals surface area contributed by atoms with E-state index in [1.165, 1.54) is 5.56 Å². The number of rotatable bonds is 6. The first-order valence-corrected chi connectivity index (χ1v) is 8.27. The number of hydrogen-bond acceptors (Lipinski definition) is 4. The first-order chi connectivity index (χ1) is 10.7. The summed E-state index contributed by atoms with van der Waals surface area (Å²) < 4.78 is 7.37. The lowest BCUT2D eigenvalue weighted by atomic mass is 10.0. The van der Waals surface area contributed by atoms with E-state index in [1.807, 2.05) is 17.9 Å². The molecule has 0 aromatic carbocycles. The third kappa shape index (κ3) is 4.30. The number of nitrogens with one attached hydrogen (secondary N) is 1. The van der Waals surface area contributed by atoms with E-state index in [2.05, 4.69) is 21.5 Å². The summed E-state index contributed by atoms with van der Waals surface area (Å²) in [6.07, 6.45) is 8.64. The number of aryl methyl sites for hydroxylation is 1. The molecule has 6 nitrogen and oxygen atoms in total. The fourth-order valence-corrected chi connectivity index (χ4v) is 3.43. The fraction of sp³-hybridized carbons (Fsp3) is 0.750. The Morgan fingerprint density at radius 2 is 2.41 bits per heavy atom. The van der Waals surface area contributed by atoms with Crippen LogP contribution in [0.2, 0.25) is 0 Å². The standard InChI is InChI=1S/C16H26N4O2/c1-19-10-14(8-18-19)7-13-4-5-20(11-13)12-16(21)17-9-15-3-2-6-22-15/h8,10,13,15H,2-7,9,11-12H2,1H3,(H,17,21)/t13-,15+/m1/s1. The molecule has 2 saturated heterocycles. The molecule has 1 N–H and O–H groups in total. The number of hydrogen-bond donors (Lipinski definition) is 1. The molecular weight excluding hydrogens is 280 g/mol. The van der Waals surface area contributed by atoms with Crippen LogP contribution < -0.4 is 5.32 Å². The van der Waals surface area contributed by atoms with E-state index in [-0.39, 0.29) is 12.0 Å². The van der Waals surface area contributed by atoms with Gasteiger partial charge in [0.05, 0.1) is 18.8 Å². The molecule has 0 aliphatic carbocycles. The molecule has 3 heterocycles. The maximum atomic E-state index is 12.0. The summed E-state index contributed by atoms with van der Waals surface area (Å²) in [6.45, 7) is 4.02. The highest BCUT2D eigenvalue weighted by Crippen LogP contribution is 2.20. The van der Waals surface area contributed by atoms with Crippen molar-refractivity contribution < 1.29 is 9.53 Å². The molecule has 2 fully saturated rings. The van der Waals surface area contributed by atoms with Crippen molar-refractivity contribution in [2.24, 2.45) is 13.0 Å². The summed E-state index contributed by atoms with van der Waals surface area (Å²) in [6, 6.07) is 0. The van der Waals surface area contributed by atoms with Gasteiger partial charge in [0.25, 0.3) is 0 Å². The molecule has 1 aromatic heterocycles. The minimum Gasteiger partial charge on any atom is -0.376 e. The van der Waals surface area contributed by atoms with E-state index in [4.69, 9.17) is 4.74 Å². The highest BCUT2D eigenvalue weighted by Gasteiger charge is 2.25. The highest BCUT2D eigenvalue weighted by atomic mass is 16.5. The van der Waals surface area contributed by atoms with Crippen LogP contribution >= 0.6 is 0 Å². The van der Waals surface area contributed by atoms with E-state index in [1.54, 1.807) is 0 Å². The smallest absolute Gasteiger partial charge is 0.234 e. The van der Waals surface area contributed by atoms with E-state index in [0.29, 0.717) is 19.0 Å². The maximum Gasteiger partial charge on any atom is 0.234 e. The maximum absolute atomic E-state index is 12.0. The van der Waals surface area contributed by atoms with Crippen molar-refractivity contribution in [1.29, 1.82) is 0 Å². The Bertz CT molecular complexity index is 496. The molecule has 1 aromatic rings. The number of carbonyl (C=O) groups excluding carboxylic acids is 1. The van der Waals surface area contributed by atoms with Crippen LogP contribution in [0.5, 0.6) is 0 Å². The van der Waals surface area contributed by atoms with Gasteiger partial charge in [-0.2, -0.15) is 5.10 Å². The average molecular weight is 306 g/mol. The van der Waals surface area contributed by atoms with Gasteiger partial charge in [-0.15, -0.1) is 0 Å². The van der Waals surface area contributed by atoms with Crippen molar-refractivity contribution in [1.82, 2.24) is 20.0 Å². The van der Waals surface area contributed by atoms with Crippen molar-refractivity contribution in [3.63, 3.8) is 0 Å². The zero-order valence-corrected chi connectivity index (χ0v) is 13.3. The van der Waals surface area contributed by atoms with Gasteiger partial charge in [0, 0.05) is 32.9 Å². The van der Waals surface area contributed by atoms with Gasteiger partial charge in [-0.1, -0.05) is 0 Å². The molecule has 1 amide bonds. The Labute approximate surface area is 131 Å². The summed E-state index contributed by atoms with van der Waals surface area (Å²) in [7, 11) is 1.95. The minimum atomic E-state index is 0.123. The quantitative estimate of drug-likeness (QED) is 0.835. The lowest BCUT2D eigenvalue weighted by Gasteiger charge is -2.16. The van der Waals surface area contributed by atoms with Crippen LogP contribution in [0.15, 0.2) is 12.4 Å². The predicted octanol–water partition coefficient (Wildman–Crippen LogP) is 0.580. The fourth-order valence-electron chi connectivity index (χ4n) is 3.43. The van der Waals surface area contributed by atoms with Crippen LogP contribution in [0.3, 0.4) is 0 Å². The first-order valence-electron chi connectivity index (χ1n) is 8.27. The van der Waals surface area contributed by atoms with Gasteiger partial charge in [-0.3, -0.25) is 14.4 Å². The van der Waals surface area contributed by atoms with Crippen molar-refractivity contribution in [2.45, 2.75) is 31.8 Å². The van der Waals surface area contributed by atoms with Crippen LogP contribution in [0.4, 0.5) is 0 Å². The topological polar surface area (TPSA) is 59.4 Å². The monoisotopic (exact) mass is 306 g/mol. The zero-order chi connectivity index (χ0) is 15.4. The van der Waals surface area contributed by atoms with Crippen molar-refractivity contribution in [3.05, 3.63) is 18.0 Å². The Kier molecular flexibility index (Phi) is 5.10. The van der Waals surface area contributed by atoms with Gasteiger partial charge in [0.2, 0.25) is 5.91 Å². The second kappa shape index (κ2) is 7.24. The second-order valence-corrected chi connectivity index (χ2v) is 6.56. The molecule has 2 aliphatic heterocycles. The van der Waals surface area contributed by atoms with Crippen LogP contribution in [-0.4, -0.2) is 59.5 Å². The zero-order valence-electron chi connectivity index (χ0n) is 13.3. The molecule has 0 bridgehead atoms. The van der Waals surface area contributed by atoms with Crippen molar-refractivity contribution in [2.75, 3.05) is 32.8 Å². The van der Waals surface area contributed by atoms with Crippen molar-refractivity contribution in [3.8, 4) is 0 Å². The number of carbonyl (C=O) groups is 1. The average Bonchev–Trinajstić information content (AvgIpc) is 3.20. The summed E-state index contributed by atoms with van der Waals surface area (Å²) in [5.74, 6) is 0.757. The number of likely N-dealkylation sites (tertiary alicyclic amines) is 1. The van der Waals surface area contributed by atoms with Gasteiger partial charge in [-0.05, 0) is 43.7 Å². The Hall–Kier alpha value is -1.40. The Morgan fingerprint density at radius 1 is 1.50 bits per heavy atom. The SMILES string of the molecule is Cn1cc(C[C@H]2CCN(CC(=O)NC[C@@H]3CCCO3)C2)cn1. The highest BCUT2D eigenvalue weighted by molar-refractivity contribution is 5.78. The summed E-state index contributed by atoms with van der Waals surface area (Å²) in [5.41, 5.74) is 1.29. The molecular formula is C16H26N4O2. The van der Waals surface area contributed by atoms with Crippen molar-refractivity contribution >= 4 is 5.91 Å². The number of nitrogens with zero attached hydrogens (tertiary/aromatic N) is 3. The molecule has 122 valence electrons. The summed E-state index contributed by atoms with van der Waals surface area (Å²) in [5, 5.41) is 7.22. The van der Waals surface area contributed by atoms with Crippen LogP contribution in [0, 0.1) is 5.92 Å². The lowest BCUT2D eigenvalue weighted by molar-refractivity contribution is -0.122. The molecule has 22 heavy (non-hydrogen) atoms. The largest absolute Gasteiger partial charge is 0.376 e. The predicted molar refractivity (Wildman–Crippen MR) is 83.4 cm³/mol. The third-order valence-corrected chi connectivity index (χ3v) is 4.57. The number of amides is 1. The molecule has 0 unspecified atom stereocenters. The normalized spacial score (nSPS) is 25.7. The molecule has 2 atom stereocenters. The minimum absolute atomic E-state index is 0.123.